The molecule has 2 saturated heterocycles. The Morgan fingerprint density at radius 3 is 2.36 bits per heavy atom. The molecule has 0 bridgehead atoms. The molecule has 0 aromatic rings. The lowest BCUT2D eigenvalue weighted by Crippen LogP contribution is -2.74. The van der Waals surface area contributed by atoms with Crippen LogP contribution in [0.5, 0.6) is 0 Å². The molecule has 2 aliphatic heterocycles. The summed E-state index contributed by atoms with van der Waals surface area (Å²) in [5.41, 5.74) is -2.99. The average molecular weight is 505 g/mol. The molecule has 9 heteroatoms. The summed E-state index contributed by atoms with van der Waals surface area (Å²) in [6.45, 7) is 8.91. The summed E-state index contributed by atoms with van der Waals surface area (Å²) in [6.07, 6.45) is -1.62. The van der Waals surface area contributed by atoms with Crippen LogP contribution in [-0.2, 0) is 38.2 Å². The van der Waals surface area contributed by atoms with Crippen molar-refractivity contribution < 1.29 is 43.3 Å². The molecule has 5 aliphatic rings. The van der Waals surface area contributed by atoms with E-state index in [2.05, 4.69) is 0 Å². The van der Waals surface area contributed by atoms with E-state index in [9.17, 15) is 29.1 Å². The van der Waals surface area contributed by atoms with Gasteiger partial charge >= 0.3 is 17.9 Å². The van der Waals surface area contributed by atoms with Crippen LogP contribution >= 0.6 is 0 Å². The van der Waals surface area contributed by atoms with E-state index in [0.717, 1.165) is 0 Å². The molecule has 9 nitrogen and oxygen atoms in total. The van der Waals surface area contributed by atoms with E-state index < -0.39 is 64.2 Å². The Morgan fingerprint density at radius 1 is 1.06 bits per heavy atom. The van der Waals surface area contributed by atoms with Crippen molar-refractivity contribution in [2.45, 2.75) is 85.0 Å². The normalized spacial score (nSPS) is 49.9. The molecule has 198 valence electrons. The van der Waals surface area contributed by atoms with Crippen molar-refractivity contribution in [1.29, 1.82) is 0 Å². The minimum absolute atomic E-state index is 0.00574. The number of aliphatic hydroxyl groups excluding tert-OH is 1. The van der Waals surface area contributed by atoms with Gasteiger partial charge in [-0.1, -0.05) is 27.7 Å². The summed E-state index contributed by atoms with van der Waals surface area (Å²) >= 11 is 0. The highest BCUT2D eigenvalue weighted by Crippen LogP contribution is 2.71. The number of ketones is 2. The van der Waals surface area contributed by atoms with Gasteiger partial charge in [0.25, 0.3) is 0 Å². The molecule has 0 aromatic heterocycles. The third kappa shape index (κ3) is 3.26. The van der Waals surface area contributed by atoms with E-state index in [1.54, 1.807) is 6.92 Å². The summed E-state index contributed by atoms with van der Waals surface area (Å²) in [5.74, 6) is -3.67. The molecular weight excluding hydrogens is 468 g/mol. The van der Waals surface area contributed by atoms with Crippen LogP contribution in [0.15, 0.2) is 0 Å². The van der Waals surface area contributed by atoms with Gasteiger partial charge in [-0.05, 0) is 37.0 Å². The molecule has 36 heavy (non-hydrogen) atoms. The van der Waals surface area contributed by atoms with Gasteiger partial charge < -0.3 is 19.3 Å². The first kappa shape index (κ1) is 25.4. The molecule has 0 unspecified atom stereocenters. The highest BCUT2D eigenvalue weighted by Gasteiger charge is 2.75. The fourth-order valence-electron chi connectivity index (χ4n) is 9.28. The van der Waals surface area contributed by atoms with Gasteiger partial charge in [-0.3, -0.25) is 24.0 Å². The number of aliphatic hydroxyl groups is 1. The number of carbonyl (C=O) groups excluding carboxylic acids is 5. The summed E-state index contributed by atoms with van der Waals surface area (Å²) in [4.78, 5) is 64.9. The van der Waals surface area contributed by atoms with Gasteiger partial charge in [0.1, 0.15) is 30.7 Å². The second-order valence-corrected chi connectivity index (χ2v) is 12.5. The van der Waals surface area contributed by atoms with Crippen LogP contribution in [0.3, 0.4) is 0 Å². The van der Waals surface area contributed by atoms with Crippen molar-refractivity contribution in [3.63, 3.8) is 0 Å². The maximum atomic E-state index is 14.0. The lowest BCUT2D eigenvalue weighted by molar-refractivity contribution is -0.277. The standard InChI is InChI=1S/C27H36O9/c1-12-6-16(29)24(33)26(4)15(12)8-19-27(5)18(9-21(31)36-19)25(3,10-17(22(26)27)35-13(2)28)23(32)14-7-20(30)34-11-14/h12,14-19,22,29H,6-11H2,1-5H3/t12-,14+,15-,16+,17-,18+,19-,22-,25-,26+,27-/m1/s1. The van der Waals surface area contributed by atoms with Crippen LogP contribution in [0.25, 0.3) is 0 Å². The largest absolute Gasteiger partial charge is 0.465 e. The van der Waals surface area contributed by atoms with Crippen molar-refractivity contribution in [2.75, 3.05) is 6.61 Å². The minimum atomic E-state index is -1.12. The van der Waals surface area contributed by atoms with Crippen molar-refractivity contribution in [3.05, 3.63) is 0 Å². The fraction of sp³-hybridized carbons (Fsp3) is 0.815. The van der Waals surface area contributed by atoms with Gasteiger partial charge in [-0.2, -0.15) is 0 Å². The molecule has 0 aromatic carbocycles. The molecule has 3 aliphatic carbocycles. The molecule has 3 saturated carbocycles. The van der Waals surface area contributed by atoms with Crippen LogP contribution < -0.4 is 0 Å². The Bertz CT molecular complexity index is 1040. The Labute approximate surface area is 210 Å². The first-order valence-corrected chi connectivity index (χ1v) is 13.0. The van der Waals surface area contributed by atoms with E-state index >= 15 is 0 Å². The zero-order valence-corrected chi connectivity index (χ0v) is 21.6. The highest BCUT2D eigenvalue weighted by molar-refractivity contribution is 5.93. The van der Waals surface area contributed by atoms with Gasteiger partial charge in [0.05, 0.1) is 12.3 Å². The van der Waals surface area contributed by atoms with Gasteiger partial charge in [0.2, 0.25) is 0 Å². The molecule has 1 N–H and O–H groups in total. The van der Waals surface area contributed by atoms with Crippen LogP contribution in [0.2, 0.25) is 0 Å². The lowest BCUT2D eigenvalue weighted by atomic mass is 9.35. The number of esters is 3. The zero-order valence-electron chi connectivity index (χ0n) is 21.6. The number of Topliss-reactive ketones (excluding diaryl/α,β-unsaturated/α-hetero) is 2. The third-order valence-corrected chi connectivity index (χ3v) is 10.6. The predicted molar refractivity (Wildman–Crippen MR) is 123 cm³/mol. The number of hydrogen-bond acceptors (Lipinski definition) is 9. The predicted octanol–water partition coefficient (Wildman–Crippen LogP) is 2.01. The van der Waals surface area contributed by atoms with E-state index in [4.69, 9.17) is 14.2 Å². The molecule has 0 radical (unpaired) electrons. The number of carbonyl (C=O) groups is 5. The Hall–Kier alpha value is -2.29. The summed E-state index contributed by atoms with van der Waals surface area (Å²) < 4.78 is 17.0. The van der Waals surface area contributed by atoms with E-state index in [1.807, 2.05) is 20.8 Å². The smallest absolute Gasteiger partial charge is 0.306 e. The highest BCUT2D eigenvalue weighted by atomic mass is 16.6. The van der Waals surface area contributed by atoms with Gasteiger partial charge in [0, 0.05) is 35.5 Å². The first-order valence-electron chi connectivity index (χ1n) is 13.0. The van der Waals surface area contributed by atoms with Gasteiger partial charge in [0.15, 0.2) is 5.78 Å². The summed E-state index contributed by atoms with van der Waals surface area (Å²) in [5, 5.41) is 10.8. The number of fused-ring (bicyclic) bond motifs is 2. The van der Waals surface area contributed by atoms with E-state index in [-0.39, 0.29) is 55.2 Å². The SMILES string of the molecule is CC(=O)O[C@@H]1C[C@@](C)(C(=O)[C@@H]2COC(=O)C2)[C@@H]2CC(=O)O[C@@H]3C[C@@H]4[C@H](C)C[C@H](O)C(=O)[C@]4(C)[C@@H]1[C@]23C. The van der Waals surface area contributed by atoms with Crippen LogP contribution in [0.1, 0.15) is 66.7 Å². The maximum absolute atomic E-state index is 14.0. The van der Waals surface area contributed by atoms with E-state index in [0.29, 0.717) is 12.8 Å². The Morgan fingerprint density at radius 2 is 1.75 bits per heavy atom. The fourth-order valence-corrected chi connectivity index (χ4v) is 9.28. The average Bonchev–Trinajstić information content (AvgIpc) is 3.21. The van der Waals surface area contributed by atoms with Crippen LogP contribution in [0, 0.1) is 45.8 Å². The van der Waals surface area contributed by atoms with Crippen LogP contribution in [0.4, 0.5) is 0 Å². The number of cyclic esters (lactones) is 1. The van der Waals surface area contributed by atoms with Crippen molar-refractivity contribution >= 4 is 29.5 Å². The first-order chi connectivity index (χ1) is 16.7. The monoisotopic (exact) mass is 504 g/mol. The molecule has 0 amide bonds. The van der Waals surface area contributed by atoms with Crippen molar-refractivity contribution in [1.82, 2.24) is 0 Å². The summed E-state index contributed by atoms with van der Waals surface area (Å²) in [7, 11) is 0. The van der Waals surface area contributed by atoms with Crippen LogP contribution in [-0.4, -0.2) is 59.5 Å². The molecular formula is C27H36O9. The number of ether oxygens (including phenoxy) is 3. The zero-order chi connectivity index (χ0) is 26.4. The number of rotatable bonds is 3. The number of hydrogen-bond donors (Lipinski definition) is 1. The Kier molecular flexibility index (Phi) is 5.71. The summed E-state index contributed by atoms with van der Waals surface area (Å²) in [6, 6.07) is 0. The lowest BCUT2D eigenvalue weighted by Gasteiger charge is -2.70. The quantitative estimate of drug-likeness (QED) is 0.452. The third-order valence-electron chi connectivity index (χ3n) is 10.6. The molecule has 11 atom stereocenters. The van der Waals surface area contributed by atoms with Gasteiger partial charge in [-0.15, -0.1) is 0 Å². The molecule has 0 spiro atoms. The van der Waals surface area contributed by atoms with E-state index in [1.165, 1.54) is 6.92 Å². The van der Waals surface area contributed by atoms with Crippen molar-refractivity contribution in [3.8, 4) is 0 Å². The molecule has 5 rings (SSSR count). The molecule has 5 fully saturated rings. The Balaban J connectivity index is 1.68. The van der Waals surface area contributed by atoms with Gasteiger partial charge in [-0.25, -0.2) is 0 Å². The second kappa shape index (κ2) is 8.10. The molecule has 2 heterocycles. The topological polar surface area (TPSA) is 133 Å². The maximum Gasteiger partial charge on any atom is 0.306 e. The second-order valence-electron chi connectivity index (χ2n) is 12.5. The van der Waals surface area contributed by atoms with Crippen molar-refractivity contribution in [2.24, 2.45) is 45.8 Å². The minimum Gasteiger partial charge on any atom is -0.465 e.